The van der Waals surface area contributed by atoms with Gasteiger partial charge in [-0.25, -0.2) is 4.98 Å². The molecule has 4 rings (SSSR count). The number of benzene rings is 2. The Hall–Kier alpha value is -3.32. The Labute approximate surface area is 191 Å². The molecule has 166 valence electrons. The maximum atomic E-state index is 12.7. The summed E-state index contributed by atoms with van der Waals surface area (Å²) in [7, 11) is 0. The van der Waals surface area contributed by atoms with E-state index in [2.05, 4.69) is 15.2 Å². The number of nitrogens with zero attached hydrogens (tertiary/aromatic N) is 2. The van der Waals surface area contributed by atoms with Crippen molar-refractivity contribution in [1.82, 2.24) is 4.98 Å². The number of aryl methyl sites for hydroxylation is 1. The first-order valence-corrected chi connectivity index (χ1v) is 11.1. The molecule has 1 aliphatic rings. The van der Waals surface area contributed by atoms with Crippen LogP contribution in [0.3, 0.4) is 0 Å². The first-order chi connectivity index (χ1) is 15.5. The highest BCUT2D eigenvalue weighted by Crippen LogP contribution is 2.30. The number of primary amides is 1. The van der Waals surface area contributed by atoms with Crippen LogP contribution in [0.4, 0.5) is 11.4 Å². The van der Waals surface area contributed by atoms with Crippen molar-refractivity contribution in [3.8, 4) is 11.3 Å². The van der Waals surface area contributed by atoms with Gasteiger partial charge < -0.3 is 20.4 Å². The number of rotatable bonds is 7. The third kappa shape index (κ3) is 5.29. The van der Waals surface area contributed by atoms with Crippen LogP contribution in [0.5, 0.6) is 0 Å². The van der Waals surface area contributed by atoms with Crippen molar-refractivity contribution in [2.45, 2.75) is 32.1 Å². The lowest BCUT2D eigenvalue weighted by Crippen LogP contribution is -2.30. The van der Waals surface area contributed by atoms with E-state index in [9.17, 15) is 9.59 Å². The number of piperidine rings is 1. The second kappa shape index (κ2) is 9.87. The zero-order valence-corrected chi connectivity index (χ0v) is 18.4. The number of oxazole rings is 1. The number of hydrogen-bond acceptors (Lipinski definition) is 5. The maximum absolute atomic E-state index is 12.7. The molecule has 0 radical (unpaired) electrons. The molecule has 0 spiro atoms. The number of anilines is 2. The van der Waals surface area contributed by atoms with Crippen LogP contribution in [0, 0.1) is 0 Å². The molecule has 8 heteroatoms. The largest absolute Gasteiger partial charge is 0.441 e. The van der Waals surface area contributed by atoms with Gasteiger partial charge in [0.05, 0.1) is 17.6 Å². The molecule has 3 N–H and O–H groups in total. The summed E-state index contributed by atoms with van der Waals surface area (Å²) in [6, 6.07) is 12.5. The summed E-state index contributed by atoms with van der Waals surface area (Å²) in [5.41, 5.74) is 8.18. The minimum atomic E-state index is -0.528. The van der Waals surface area contributed by atoms with Crippen molar-refractivity contribution < 1.29 is 14.0 Å². The van der Waals surface area contributed by atoms with E-state index < -0.39 is 5.91 Å². The standard InChI is InChI=1S/C24H25ClN4O3/c25-18-7-4-16(5-8-18)21-15-27-23(32-21)11-10-22(30)28-19-14-17(24(26)31)6-9-20(19)29-12-2-1-3-13-29/h4-9,14-15H,1-3,10-13H2,(H2,26,31)(H,28,30). The summed E-state index contributed by atoms with van der Waals surface area (Å²) in [5.74, 6) is 0.391. The van der Waals surface area contributed by atoms with Crippen molar-refractivity contribution in [3.63, 3.8) is 0 Å². The summed E-state index contributed by atoms with van der Waals surface area (Å²) in [4.78, 5) is 30.8. The Morgan fingerprint density at radius 2 is 1.84 bits per heavy atom. The first-order valence-electron chi connectivity index (χ1n) is 10.7. The Bertz CT molecular complexity index is 1100. The lowest BCUT2D eigenvalue weighted by molar-refractivity contribution is -0.116. The van der Waals surface area contributed by atoms with Crippen LogP contribution in [-0.4, -0.2) is 29.9 Å². The second-order valence-corrected chi connectivity index (χ2v) is 8.25. The molecule has 1 aromatic heterocycles. The molecule has 2 amide bonds. The highest BCUT2D eigenvalue weighted by Gasteiger charge is 2.18. The molecule has 32 heavy (non-hydrogen) atoms. The van der Waals surface area contributed by atoms with Crippen molar-refractivity contribution in [2.75, 3.05) is 23.3 Å². The number of halogens is 1. The van der Waals surface area contributed by atoms with E-state index >= 15 is 0 Å². The molecule has 0 bridgehead atoms. The van der Waals surface area contributed by atoms with Crippen LogP contribution in [0.1, 0.15) is 41.9 Å². The van der Waals surface area contributed by atoms with E-state index in [0.717, 1.165) is 37.2 Å². The number of carbonyl (C=O) groups excluding carboxylic acids is 2. The van der Waals surface area contributed by atoms with Crippen LogP contribution in [-0.2, 0) is 11.2 Å². The molecular formula is C24H25ClN4O3. The van der Waals surface area contributed by atoms with E-state index in [4.69, 9.17) is 21.8 Å². The van der Waals surface area contributed by atoms with Gasteiger partial charge in [0.25, 0.3) is 0 Å². The highest BCUT2D eigenvalue weighted by molar-refractivity contribution is 6.30. The molecule has 3 aromatic rings. The summed E-state index contributed by atoms with van der Waals surface area (Å²) in [6.45, 7) is 1.84. The third-order valence-electron chi connectivity index (χ3n) is 5.50. The van der Waals surface area contributed by atoms with Crippen molar-refractivity contribution in [3.05, 3.63) is 65.1 Å². The predicted molar refractivity (Wildman–Crippen MR) is 125 cm³/mol. The first kappa shape index (κ1) is 21.9. The summed E-state index contributed by atoms with van der Waals surface area (Å²) in [6.07, 6.45) is 5.60. The molecule has 1 saturated heterocycles. The zero-order valence-electron chi connectivity index (χ0n) is 17.6. The van der Waals surface area contributed by atoms with Gasteiger partial charge in [-0.05, 0) is 61.7 Å². The number of nitrogens with two attached hydrogens (primary N) is 1. The van der Waals surface area contributed by atoms with Gasteiger partial charge in [-0.15, -0.1) is 0 Å². The van der Waals surface area contributed by atoms with Crippen LogP contribution in [0.2, 0.25) is 5.02 Å². The van der Waals surface area contributed by atoms with Gasteiger partial charge in [0.2, 0.25) is 11.8 Å². The molecule has 0 aliphatic carbocycles. The minimum absolute atomic E-state index is 0.184. The average Bonchev–Trinajstić information content (AvgIpc) is 3.28. The molecule has 1 fully saturated rings. The number of carbonyl (C=O) groups is 2. The molecule has 2 aromatic carbocycles. The minimum Gasteiger partial charge on any atom is -0.441 e. The zero-order chi connectivity index (χ0) is 22.5. The Balaban J connectivity index is 1.43. The van der Waals surface area contributed by atoms with Crippen molar-refractivity contribution >= 4 is 34.8 Å². The van der Waals surface area contributed by atoms with Crippen LogP contribution >= 0.6 is 11.6 Å². The number of aromatic nitrogens is 1. The summed E-state index contributed by atoms with van der Waals surface area (Å²) < 4.78 is 5.78. The fourth-order valence-corrected chi connectivity index (χ4v) is 3.93. The Morgan fingerprint density at radius 1 is 1.09 bits per heavy atom. The van der Waals surface area contributed by atoms with Gasteiger partial charge in [0.15, 0.2) is 11.7 Å². The normalized spacial score (nSPS) is 13.7. The monoisotopic (exact) mass is 452 g/mol. The van der Waals surface area contributed by atoms with E-state index in [-0.39, 0.29) is 12.3 Å². The van der Waals surface area contributed by atoms with Crippen LogP contribution in [0.15, 0.2) is 53.1 Å². The molecule has 0 unspecified atom stereocenters. The second-order valence-electron chi connectivity index (χ2n) is 7.82. The predicted octanol–water partition coefficient (Wildman–Crippen LogP) is 4.66. The van der Waals surface area contributed by atoms with Gasteiger partial charge in [0, 0.05) is 42.1 Å². The van der Waals surface area contributed by atoms with Crippen LogP contribution in [0.25, 0.3) is 11.3 Å². The van der Waals surface area contributed by atoms with Gasteiger partial charge in [0.1, 0.15) is 0 Å². The number of amides is 2. The SMILES string of the molecule is NC(=O)c1ccc(N2CCCCC2)c(NC(=O)CCc2ncc(-c3ccc(Cl)cc3)o2)c1. The fraction of sp³-hybridized carbons (Fsp3) is 0.292. The maximum Gasteiger partial charge on any atom is 0.248 e. The van der Waals surface area contributed by atoms with Crippen molar-refractivity contribution in [1.29, 1.82) is 0 Å². The van der Waals surface area contributed by atoms with Gasteiger partial charge in [-0.1, -0.05) is 11.6 Å². The fourth-order valence-electron chi connectivity index (χ4n) is 3.81. The van der Waals surface area contributed by atoms with Gasteiger partial charge in [-0.3, -0.25) is 9.59 Å². The van der Waals surface area contributed by atoms with E-state index in [0.29, 0.717) is 34.3 Å². The van der Waals surface area contributed by atoms with E-state index in [1.165, 1.54) is 6.42 Å². The Morgan fingerprint density at radius 3 is 2.56 bits per heavy atom. The van der Waals surface area contributed by atoms with Gasteiger partial charge in [-0.2, -0.15) is 0 Å². The quantitative estimate of drug-likeness (QED) is 0.543. The van der Waals surface area contributed by atoms with Gasteiger partial charge >= 0.3 is 0 Å². The van der Waals surface area contributed by atoms with Crippen LogP contribution < -0.4 is 16.0 Å². The molecule has 1 aliphatic heterocycles. The molecular weight excluding hydrogens is 428 g/mol. The number of nitrogens with one attached hydrogen (secondary N) is 1. The molecule has 0 atom stereocenters. The summed E-state index contributed by atoms with van der Waals surface area (Å²) >= 11 is 5.92. The molecule has 2 heterocycles. The Kier molecular flexibility index (Phi) is 6.75. The summed E-state index contributed by atoms with van der Waals surface area (Å²) in [5, 5.41) is 3.59. The van der Waals surface area contributed by atoms with E-state index in [1.807, 2.05) is 18.2 Å². The average molecular weight is 453 g/mol. The third-order valence-corrected chi connectivity index (χ3v) is 5.75. The lowest BCUT2D eigenvalue weighted by atomic mass is 10.1. The topological polar surface area (TPSA) is 101 Å². The van der Waals surface area contributed by atoms with E-state index in [1.54, 1.807) is 30.5 Å². The molecule has 0 saturated carbocycles. The van der Waals surface area contributed by atoms with Crippen molar-refractivity contribution in [2.24, 2.45) is 5.73 Å². The molecule has 7 nitrogen and oxygen atoms in total. The lowest BCUT2D eigenvalue weighted by Gasteiger charge is -2.30. The highest BCUT2D eigenvalue weighted by atomic mass is 35.5. The number of hydrogen-bond donors (Lipinski definition) is 2. The smallest absolute Gasteiger partial charge is 0.248 e.